The molecule has 1 aliphatic carbocycles. The molecule has 5 heteroatoms. The van der Waals surface area contributed by atoms with Crippen molar-refractivity contribution in [3.05, 3.63) is 17.7 Å². The lowest BCUT2D eigenvalue weighted by Gasteiger charge is -2.18. The average Bonchev–Trinajstić information content (AvgIpc) is 3.26. The van der Waals surface area contributed by atoms with Crippen LogP contribution in [-0.2, 0) is 6.54 Å². The molecule has 0 bridgehead atoms. The fourth-order valence-electron chi connectivity index (χ4n) is 2.69. The summed E-state index contributed by atoms with van der Waals surface area (Å²) in [6, 6.07) is 3.87. The number of hydrogen-bond donors (Lipinski definition) is 2. The van der Waals surface area contributed by atoms with E-state index < -0.39 is 0 Å². The Balaban J connectivity index is 2.03. The van der Waals surface area contributed by atoms with Crippen LogP contribution in [0.2, 0.25) is 0 Å². The van der Waals surface area contributed by atoms with Gasteiger partial charge in [-0.05, 0) is 30.7 Å². The van der Waals surface area contributed by atoms with Crippen LogP contribution >= 0.6 is 0 Å². The van der Waals surface area contributed by atoms with Gasteiger partial charge in [0.25, 0.3) is 0 Å². The third kappa shape index (κ3) is 3.60. The van der Waals surface area contributed by atoms with E-state index in [1.807, 2.05) is 12.1 Å². The Morgan fingerprint density at radius 3 is 2.33 bits per heavy atom. The molecule has 2 N–H and O–H groups in total. The molecule has 2 rings (SSSR count). The van der Waals surface area contributed by atoms with Crippen molar-refractivity contribution in [3.8, 4) is 17.2 Å². The van der Waals surface area contributed by atoms with Gasteiger partial charge in [0.1, 0.15) is 0 Å². The zero-order chi connectivity index (χ0) is 15.3. The minimum Gasteiger partial charge on any atom is -0.493 e. The van der Waals surface area contributed by atoms with Crippen LogP contribution in [0.15, 0.2) is 12.1 Å². The standard InChI is InChI=1S/C16H25NO4/c1-19-13-5-4-12(14(20-2)15(13)21-3)10-17-11-16(6-7-16)8-9-18/h4-5,17-18H,6-11H2,1-3H3. The number of ether oxygens (including phenoxy) is 3. The number of aliphatic hydroxyl groups excluding tert-OH is 1. The Labute approximate surface area is 126 Å². The first-order valence-electron chi connectivity index (χ1n) is 7.29. The van der Waals surface area contributed by atoms with Crippen molar-refractivity contribution in [3.63, 3.8) is 0 Å². The summed E-state index contributed by atoms with van der Waals surface area (Å²) in [5.41, 5.74) is 1.34. The highest BCUT2D eigenvalue weighted by molar-refractivity contribution is 5.55. The third-order valence-corrected chi connectivity index (χ3v) is 4.20. The Morgan fingerprint density at radius 1 is 1.10 bits per heavy atom. The summed E-state index contributed by atoms with van der Waals surface area (Å²) in [6.45, 7) is 1.89. The topological polar surface area (TPSA) is 60.0 Å². The molecule has 0 unspecified atom stereocenters. The molecule has 0 spiro atoms. The molecule has 1 aromatic carbocycles. The van der Waals surface area contributed by atoms with Crippen molar-refractivity contribution in [2.75, 3.05) is 34.5 Å². The first-order valence-corrected chi connectivity index (χ1v) is 7.29. The number of aliphatic hydroxyl groups is 1. The molecule has 1 saturated carbocycles. The minimum atomic E-state index is 0.265. The molecule has 1 aliphatic rings. The average molecular weight is 295 g/mol. The molecular formula is C16H25NO4. The van der Waals surface area contributed by atoms with Gasteiger partial charge in [0.15, 0.2) is 11.5 Å². The maximum absolute atomic E-state index is 9.09. The van der Waals surface area contributed by atoms with E-state index in [0.717, 1.165) is 18.5 Å². The van der Waals surface area contributed by atoms with Gasteiger partial charge in [-0.1, -0.05) is 6.07 Å². The van der Waals surface area contributed by atoms with Gasteiger partial charge in [-0.15, -0.1) is 0 Å². The molecule has 0 atom stereocenters. The van der Waals surface area contributed by atoms with Crippen molar-refractivity contribution >= 4 is 0 Å². The van der Waals surface area contributed by atoms with Crippen LogP contribution in [0.1, 0.15) is 24.8 Å². The van der Waals surface area contributed by atoms with E-state index in [2.05, 4.69) is 5.32 Å². The molecule has 1 aromatic rings. The molecule has 0 aliphatic heterocycles. The summed E-state index contributed by atoms with van der Waals surface area (Å²) in [6.07, 6.45) is 3.27. The largest absolute Gasteiger partial charge is 0.493 e. The number of methoxy groups -OCH3 is 3. The maximum atomic E-state index is 9.09. The smallest absolute Gasteiger partial charge is 0.203 e. The molecule has 0 heterocycles. The summed E-state index contributed by atoms with van der Waals surface area (Å²) < 4.78 is 16.1. The normalized spacial score (nSPS) is 15.6. The third-order valence-electron chi connectivity index (χ3n) is 4.20. The lowest BCUT2D eigenvalue weighted by atomic mass is 10.0. The van der Waals surface area contributed by atoms with Crippen LogP contribution in [-0.4, -0.2) is 39.6 Å². The van der Waals surface area contributed by atoms with Crippen LogP contribution in [0.3, 0.4) is 0 Å². The fraction of sp³-hybridized carbons (Fsp3) is 0.625. The Bertz CT molecular complexity index is 472. The fourth-order valence-corrected chi connectivity index (χ4v) is 2.69. The molecule has 0 saturated heterocycles. The molecule has 118 valence electrons. The second-order valence-corrected chi connectivity index (χ2v) is 5.57. The van der Waals surface area contributed by atoms with Crippen LogP contribution < -0.4 is 19.5 Å². The van der Waals surface area contributed by atoms with Crippen LogP contribution in [0.25, 0.3) is 0 Å². The van der Waals surface area contributed by atoms with Gasteiger partial charge in [0.2, 0.25) is 5.75 Å². The molecule has 0 radical (unpaired) electrons. The van der Waals surface area contributed by atoms with E-state index >= 15 is 0 Å². The van der Waals surface area contributed by atoms with Gasteiger partial charge >= 0.3 is 0 Å². The van der Waals surface area contributed by atoms with E-state index in [1.165, 1.54) is 12.8 Å². The van der Waals surface area contributed by atoms with E-state index in [0.29, 0.717) is 29.2 Å². The number of rotatable bonds is 9. The first kappa shape index (κ1) is 15.9. The summed E-state index contributed by atoms with van der Waals surface area (Å²) in [7, 11) is 4.86. The predicted molar refractivity (Wildman–Crippen MR) is 81.2 cm³/mol. The van der Waals surface area contributed by atoms with Gasteiger partial charge in [-0.25, -0.2) is 0 Å². The van der Waals surface area contributed by atoms with E-state index in [9.17, 15) is 0 Å². The van der Waals surface area contributed by atoms with E-state index in [-0.39, 0.29) is 6.61 Å². The molecule has 21 heavy (non-hydrogen) atoms. The van der Waals surface area contributed by atoms with Gasteiger partial charge in [0.05, 0.1) is 21.3 Å². The van der Waals surface area contributed by atoms with Gasteiger partial charge in [0, 0.05) is 25.3 Å². The molecular weight excluding hydrogens is 270 g/mol. The highest BCUT2D eigenvalue weighted by atomic mass is 16.5. The van der Waals surface area contributed by atoms with Crippen molar-refractivity contribution in [1.82, 2.24) is 5.32 Å². The summed E-state index contributed by atoms with van der Waals surface area (Å²) in [5.74, 6) is 1.99. The Kier molecular flexibility index (Phi) is 5.31. The van der Waals surface area contributed by atoms with Crippen LogP contribution in [0.5, 0.6) is 17.2 Å². The Morgan fingerprint density at radius 2 is 1.81 bits per heavy atom. The predicted octanol–water partition coefficient (Wildman–Crippen LogP) is 1.96. The number of hydrogen-bond acceptors (Lipinski definition) is 5. The summed E-state index contributed by atoms with van der Waals surface area (Å²) in [4.78, 5) is 0. The van der Waals surface area contributed by atoms with Gasteiger partial charge < -0.3 is 24.6 Å². The zero-order valence-corrected chi connectivity index (χ0v) is 13.1. The van der Waals surface area contributed by atoms with Crippen molar-refractivity contribution in [2.24, 2.45) is 5.41 Å². The number of benzene rings is 1. The first-order chi connectivity index (χ1) is 10.2. The van der Waals surface area contributed by atoms with Gasteiger partial charge in [-0.3, -0.25) is 0 Å². The zero-order valence-electron chi connectivity index (χ0n) is 13.1. The highest BCUT2D eigenvalue weighted by Gasteiger charge is 2.41. The second-order valence-electron chi connectivity index (χ2n) is 5.57. The minimum absolute atomic E-state index is 0.265. The van der Waals surface area contributed by atoms with Crippen molar-refractivity contribution < 1.29 is 19.3 Å². The molecule has 1 fully saturated rings. The molecule has 0 aromatic heterocycles. The van der Waals surface area contributed by atoms with Crippen LogP contribution in [0, 0.1) is 5.41 Å². The lowest BCUT2D eigenvalue weighted by Crippen LogP contribution is -2.24. The maximum Gasteiger partial charge on any atom is 0.203 e. The summed E-state index contributed by atoms with van der Waals surface area (Å²) >= 11 is 0. The Hall–Kier alpha value is -1.46. The number of nitrogens with one attached hydrogen (secondary N) is 1. The second kappa shape index (κ2) is 7.00. The highest BCUT2D eigenvalue weighted by Crippen LogP contribution is 2.48. The van der Waals surface area contributed by atoms with Crippen molar-refractivity contribution in [1.29, 1.82) is 0 Å². The molecule has 0 amide bonds. The van der Waals surface area contributed by atoms with E-state index in [1.54, 1.807) is 21.3 Å². The van der Waals surface area contributed by atoms with E-state index in [4.69, 9.17) is 19.3 Å². The summed E-state index contributed by atoms with van der Waals surface area (Å²) in [5, 5.41) is 12.6. The monoisotopic (exact) mass is 295 g/mol. The lowest BCUT2D eigenvalue weighted by molar-refractivity contribution is 0.245. The van der Waals surface area contributed by atoms with Crippen LogP contribution in [0.4, 0.5) is 0 Å². The quantitative estimate of drug-likeness (QED) is 0.729. The SMILES string of the molecule is COc1ccc(CNCC2(CCO)CC2)c(OC)c1OC. The van der Waals surface area contributed by atoms with Crippen molar-refractivity contribution in [2.45, 2.75) is 25.8 Å². The van der Waals surface area contributed by atoms with Gasteiger partial charge in [-0.2, -0.15) is 0 Å². The molecule has 5 nitrogen and oxygen atoms in total.